The molecule has 1 aliphatic rings. The molecule has 25 heavy (non-hydrogen) atoms. The first-order valence-corrected chi connectivity index (χ1v) is 7.76. The maximum Gasteiger partial charge on any atom is 0.353 e. The number of aromatic nitrogens is 2. The predicted octanol–water partition coefficient (Wildman–Crippen LogP) is 2.17. The molecule has 0 atom stereocenters. The number of nitrogens with zero attached hydrogens (tertiary/aromatic N) is 4. The summed E-state index contributed by atoms with van der Waals surface area (Å²) in [5.74, 6) is 0.331. The number of rotatable bonds is 5. The van der Waals surface area contributed by atoms with Gasteiger partial charge in [0.25, 0.3) is 0 Å². The summed E-state index contributed by atoms with van der Waals surface area (Å²) in [6, 6.07) is 6.66. The molecule has 0 spiro atoms. The molecule has 0 unspecified atom stereocenters. The number of hydrogen-bond donors (Lipinski definition) is 1. The van der Waals surface area contributed by atoms with Gasteiger partial charge in [0, 0.05) is 24.3 Å². The lowest BCUT2D eigenvalue weighted by Gasteiger charge is -2.27. The van der Waals surface area contributed by atoms with Crippen molar-refractivity contribution < 1.29 is 14.5 Å². The van der Waals surface area contributed by atoms with E-state index in [0.29, 0.717) is 37.6 Å². The zero-order chi connectivity index (χ0) is 17.8. The van der Waals surface area contributed by atoms with Crippen LogP contribution < -0.4 is 10.2 Å². The van der Waals surface area contributed by atoms with Gasteiger partial charge >= 0.3 is 5.69 Å². The van der Waals surface area contributed by atoms with Crippen LogP contribution in [0, 0.1) is 10.1 Å². The van der Waals surface area contributed by atoms with Crippen LogP contribution in [0.2, 0.25) is 0 Å². The van der Waals surface area contributed by atoms with Gasteiger partial charge in [0.2, 0.25) is 11.6 Å². The van der Waals surface area contributed by atoms with Crippen molar-refractivity contribution in [3.63, 3.8) is 0 Å². The second kappa shape index (κ2) is 7.22. The van der Waals surface area contributed by atoms with Gasteiger partial charge in [-0.05, 0) is 31.2 Å². The van der Waals surface area contributed by atoms with E-state index in [1.807, 2.05) is 4.90 Å². The Bertz CT molecular complexity index is 788. The average molecular weight is 343 g/mol. The molecule has 1 fully saturated rings. The van der Waals surface area contributed by atoms with E-state index >= 15 is 0 Å². The number of anilines is 3. The monoisotopic (exact) mass is 343 g/mol. The summed E-state index contributed by atoms with van der Waals surface area (Å²) in [5.41, 5.74) is 0.983. The molecule has 3 rings (SSSR count). The van der Waals surface area contributed by atoms with Crippen LogP contribution in [0.3, 0.4) is 0 Å². The van der Waals surface area contributed by atoms with Gasteiger partial charge in [-0.25, -0.2) is 9.97 Å². The fraction of sp³-hybridized carbons (Fsp3) is 0.312. The molecule has 1 aromatic heterocycles. The van der Waals surface area contributed by atoms with Gasteiger partial charge in [-0.3, -0.25) is 14.9 Å². The largest absolute Gasteiger partial charge is 0.378 e. The van der Waals surface area contributed by atoms with Gasteiger partial charge in [0.05, 0.1) is 18.1 Å². The summed E-state index contributed by atoms with van der Waals surface area (Å²) < 4.78 is 5.28. The second-order valence-electron chi connectivity index (χ2n) is 5.51. The Hall–Kier alpha value is -3.07. The number of ether oxygens (including phenoxy) is 1. The van der Waals surface area contributed by atoms with Crippen LogP contribution in [-0.2, 0) is 4.74 Å². The van der Waals surface area contributed by atoms with Crippen LogP contribution >= 0.6 is 0 Å². The highest BCUT2D eigenvalue weighted by atomic mass is 16.6. The van der Waals surface area contributed by atoms with E-state index < -0.39 is 4.92 Å². The zero-order valence-electron chi connectivity index (χ0n) is 13.6. The molecule has 2 aromatic rings. The third kappa shape index (κ3) is 3.72. The highest BCUT2D eigenvalue weighted by molar-refractivity contribution is 5.94. The third-order valence-electron chi connectivity index (χ3n) is 3.85. The maximum absolute atomic E-state index is 11.6. The number of ketones is 1. The average Bonchev–Trinajstić information content (AvgIpc) is 2.62. The highest BCUT2D eigenvalue weighted by Gasteiger charge is 2.28. The molecule has 0 saturated carbocycles. The fourth-order valence-corrected chi connectivity index (χ4v) is 2.56. The van der Waals surface area contributed by atoms with Gasteiger partial charge in [-0.2, -0.15) is 0 Å². The standard InChI is InChI=1S/C16H17N5O4/c1-11(22)12-2-4-13(5-3-12)19-15-14(21(23)24)16(18-10-17-15)20-6-8-25-9-7-20/h2-5,10H,6-9H2,1H3,(H,17,18,19). The Labute approximate surface area is 143 Å². The molecule has 2 heterocycles. The molecule has 0 radical (unpaired) electrons. The van der Waals surface area contributed by atoms with Crippen LogP contribution in [0.15, 0.2) is 30.6 Å². The number of carbonyl (C=O) groups is 1. The van der Waals surface area contributed by atoms with Crippen LogP contribution in [-0.4, -0.2) is 47.0 Å². The lowest BCUT2D eigenvalue weighted by molar-refractivity contribution is -0.383. The Morgan fingerprint density at radius 2 is 1.92 bits per heavy atom. The van der Waals surface area contributed by atoms with E-state index in [2.05, 4.69) is 15.3 Å². The number of nitrogens with one attached hydrogen (secondary N) is 1. The van der Waals surface area contributed by atoms with Crippen LogP contribution in [0.4, 0.5) is 23.0 Å². The summed E-state index contributed by atoms with van der Waals surface area (Å²) in [5, 5.41) is 14.5. The van der Waals surface area contributed by atoms with Crippen molar-refractivity contribution in [2.45, 2.75) is 6.92 Å². The van der Waals surface area contributed by atoms with E-state index in [1.54, 1.807) is 24.3 Å². The van der Waals surface area contributed by atoms with E-state index in [9.17, 15) is 14.9 Å². The van der Waals surface area contributed by atoms with Crippen molar-refractivity contribution >= 4 is 28.8 Å². The Balaban J connectivity index is 1.92. The predicted molar refractivity (Wildman–Crippen MR) is 91.4 cm³/mol. The highest BCUT2D eigenvalue weighted by Crippen LogP contribution is 2.33. The van der Waals surface area contributed by atoms with E-state index in [0.717, 1.165) is 0 Å². The van der Waals surface area contributed by atoms with Crippen LogP contribution in [0.5, 0.6) is 0 Å². The molecule has 1 aliphatic heterocycles. The van der Waals surface area contributed by atoms with Crippen molar-refractivity contribution in [1.29, 1.82) is 0 Å². The first kappa shape index (κ1) is 16.8. The Kier molecular flexibility index (Phi) is 4.85. The summed E-state index contributed by atoms with van der Waals surface area (Å²) in [6.07, 6.45) is 1.30. The SMILES string of the molecule is CC(=O)c1ccc(Nc2ncnc(N3CCOCC3)c2[N+](=O)[O-])cc1. The Morgan fingerprint density at radius 1 is 1.24 bits per heavy atom. The van der Waals surface area contributed by atoms with Crippen molar-refractivity contribution in [2.24, 2.45) is 0 Å². The van der Waals surface area contributed by atoms with Gasteiger partial charge in [-0.1, -0.05) is 0 Å². The van der Waals surface area contributed by atoms with E-state index in [-0.39, 0.29) is 23.1 Å². The summed E-state index contributed by atoms with van der Waals surface area (Å²) in [6.45, 7) is 3.54. The molecular formula is C16H17N5O4. The minimum atomic E-state index is -0.489. The molecule has 130 valence electrons. The smallest absolute Gasteiger partial charge is 0.353 e. The molecule has 0 bridgehead atoms. The minimum Gasteiger partial charge on any atom is -0.378 e. The lowest BCUT2D eigenvalue weighted by Crippen LogP contribution is -2.37. The second-order valence-corrected chi connectivity index (χ2v) is 5.51. The topological polar surface area (TPSA) is 110 Å². The number of nitro groups is 1. The molecule has 0 amide bonds. The number of hydrogen-bond acceptors (Lipinski definition) is 8. The first-order chi connectivity index (χ1) is 12.1. The zero-order valence-corrected chi connectivity index (χ0v) is 13.6. The van der Waals surface area contributed by atoms with E-state index in [1.165, 1.54) is 13.3 Å². The fourth-order valence-electron chi connectivity index (χ4n) is 2.56. The number of benzene rings is 1. The van der Waals surface area contributed by atoms with Crippen LogP contribution in [0.1, 0.15) is 17.3 Å². The van der Waals surface area contributed by atoms with Gasteiger partial charge in [-0.15, -0.1) is 0 Å². The molecular weight excluding hydrogens is 326 g/mol. The van der Waals surface area contributed by atoms with Crippen molar-refractivity contribution in [2.75, 3.05) is 36.5 Å². The normalized spacial score (nSPS) is 14.2. The Morgan fingerprint density at radius 3 is 2.52 bits per heavy atom. The van der Waals surface area contributed by atoms with Gasteiger partial charge in [0.15, 0.2) is 5.78 Å². The molecule has 1 aromatic carbocycles. The first-order valence-electron chi connectivity index (χ1n) is 7.76. The summed E-state index contributed by atoms with van der Waals surface area (Å²) >= 11 is 0. The van der Waals surface area contributed by atoms with Gasteiger partial charge in [0.1, 0.15) is 6.33 Å². The third-order valence-corrected chi connectivity index (χ3v) is 3.85. The number of carbonyl (C=O) groups excluding carboxylic acids is 1. The minimum absolute atomic E-state index is 0.0471. The van der Waals surface area contributed by atoms with Crippen molar-refractivity contribution in [3.05, 3.63) is 46.3 Å². The van der Waals surface area contributed by atoms with Crippen LogP contribution in [0.25, 0.3) is 0 Å². The molecule has 1 N–H and O–H groups in total. The summed E-state index contributed by atoms with van der Waals surface area (Å²) in [7, 11) is 0. The quantitative estimate of drug-likeness (QED) is 0.499. The number of morpholine rings is 1. The summed E-state index contributed by atoms with van der Waals surface area (Å²) in [4.78, 5) is 32.4. The molecule has 0 aliphatic carbocycles. The van der Waals surface area contributed by atoms with E-state index in [4.69, 9.17) is 4.74 Å². The van der Waals surface area contributed by atoms with Crippen molar-refractivity contribution in [1.82, 2.24) is 9.97 Å². The maximum atomic E-state index is 11.6. The molecule has 9 nitrogen and oxygen atoms in total. The van der Waals surface area contributed by atoms with Crippen molar-refractivity contribution in [3.8, 4) is 0 Å². The molecule has 1 saturated heterocycles. The van der Waals surface area contributed by atoms with Gasteiger partial charge < -0.3 is 15.0 Å². The molecule has 9 heteroatoms. The number of Topliss-reactive ketones (excluding diaryl/α,β-unsaturated/α-hetero) is 1. The lowest BCUT2D eigenvalue weighted by atomic mass is 10.1.